The number of hydrogen-bond donors (Lipinski definition) is 2. The lowest BCUT2D eigenvalue weighted by atomic mass is 10.4. The zero-order valence-corrected chi connectivity index (χ0v) is 5.04. The number of nitrogens with one attached hydrogen (secondary N) is 2. The van der Waals surface area contributed by atoms with E-state index in [0.29, 0.717) is 6.29 Å². The van der Waals surface area contributed by atoms with E-state index in [-0.39, 0.29) is 0 Å². The molecule has 1 atom stereocenters. The van der Waals surface area contributed by atoms with E-state index < -0.39 is 0 Å². The number of hydrogen-bond acceptors (Lipinski definition) is 3. The van der Waals surface area contributed by atoms with Crippen LogP contribution in [-0.4, -0.2) is 17.7 Å². The van der Waals surface area contributed by atoms with Crippen molar-refractivity contribution in [1.82, 2.24) is 15.5 Å². The third kappa shape index (κ3) is 0.650. The predicted octanol–water partition coefficient (Wildman–Crippen LogP) is -0.237. The van der Waals surface area contributed by atoms with Crippen LogP contribution in [-0.2, 0) is 0 Å². The summed E-state index contributed by atoms with van der Waals surface area (Å²) in [5.74, 6) is 0. The highest BCUT2D eigenvalue weighted by Gasteiger charge is 2.16. The fourth-order valence-corrected chi connectivity index (χ4v) is 1.06. The molecular weight excluding hydrogens is 114 g/mol. The summed E-state index contributed by atoms with van der Waals surface area (Å²) in [6.45, 7) is 1.00. The molecule has 0 saturated carbocycles. The van der Waals surface area contributed by atoms with Crippen molar-refractivity contribution >= 4 is 0 Å². The molecule has 3 nitrogen and oxygen atoms in total. The molecule has 48 valence electrons. The Kier molecular flexibility index (Phi) is 0.886. The van der Waals surface area contributed by atoms with Crippen LogP contribution in [0.15, 0.2) is 24.7 Å². The van der Waals surface area contributed by atoms with Gasteiger partial charge in [0.15, 0.2) is 6.29 Å². The summed E-state index contributed by atoms with van der Waals surface area (Å²) in [5.41, 5.74) is 0. The second-order valence-corrected chi connectivity index (χ2v) is 2.15. The molecule has 0 bridgehead atoms. The monoisotopic (exact) mass is 123 g/mol. The van der Waals surface area contributed by atoms with Crippen LogP contribution in [0.3, 0.4) is 0 Å². The number of fused-ring (bicyclic) bond motifs is 1. The van der Waals surface area contributed by atoms with Gasteiger partial charge in [0, 0.05) is 18.9 Å². The smallest absolute Gasteiger partial charge is 0.175 e. The summed E-state index contributed by atoms with van der Waals surface area (Å²) < 4.78 is 0. The van der Waals surface area contributed by atoms with Gasteiger partial charge in [-0.2, -0.15) is 0 Å². The quantitative estimate of drug-likeness (QED) is 0.465. The molecule has 0 fully saturated rings. The molecule has 0 aromatic heterocycles. The predicted molar refractivity (Wildman–Crippen MR) is 35.0 cm³/mol. The van der Waals surface area contributed by atoms with Crippen molar-refractivity contribution in [3.05, 3.63) is 24.7 Å². The molecule has 0 aromatic carbocycles. The first-order chi connectivity index (χ1) is 4.47. The van der Waals surface area contributed by atoms with Gasteiger partial charge in [-0.25, -0.2) is 0 Å². The van der Waals surface area contributed by atoms with Crippen LogP contribution in [0.1, 0.15) is 0 Å². The Morgan fingerprint density at radius 3 is 3.11 bits per heavy atom. The minimum atomic E-state index is 0.301. The molecule has 0 aliphatic carbocycles. The summed E-state index contributed by atoms with van der Waals surface area (Å²) >= 11 is 0. The van der Waals surface area contributed by atoms with Crippen molar-refractivity contribution in [2.75, 3.05) is 6.54 Å². The van der Waals surface area contributed by atoms with Gasteiger partial charge in [0.25, 0.3) is 0 Å². The van der Waals surface area contributed by atoms with Gasteiger partial charge >= 0.3 is 0 Å². The lowest BCUT2D eigenvalue weighted by molar-refractivity contribution is 0.263. The molecule has 2 N–H and O–H groups in total. The summed E-state index contributed by atoms with van der Waals surface area (Å²) in [6, 6.07) is 0. The molecule has 2 heterocycles. The topological polar surface area (TPSA) is 27.3 Å². The molecule has 2 aliphatic rings. The molecule has 0 radical (unpaired) electrons. The van der Waals surface area contributed by atoms with Crippen LogP contribution in [0.4, 0.5) is 0 Å². The molecule has 1 unspecified atom stereocenters. The molecule has 0 aromatic rings. The van der Waals surface area contributed by atoms with Gasteiger partial charge in [-0.05, 0) is 12.3 Å². The van der Waals surface area contributed by atoms with Crippen molar-refractivity contribution in [3.63, 3.8) is 0 Å². The molecule has 9 heavy (non-hydrogen) atoms. The highest BCUT2D eigenvalue weighted by atomic mass is 15.4. The van der Waals surface area contributed by atoms with Crippen LogP contribution in [0, 0.1) is 0 Å². The Balaban J connectivity index is 2.13. The fraction of sp³-hybridized carbons (Fsp3) is 0.333. The Morgan fingerprint density at radius 1 is 1.33 bits per heavy atom. The van der Waals surface area contributed by atoms with Gasteiger partial charge in [0.1, 0.15) is 0 Å². The number of nitrogens with zero attached hydrogens (tertiary/aromatic N) is 1. The maximum atomic E-state index is 3.15. The summed E-state index contributed by atoms with van der Waals surface area (Å²) in [7, 11) is 0. The van der Waals surface area contributed by atoms with E-state index in [1.165, 1.54) is 0 Å². The molecular formula is C6H9N3. The Bertz CT molecular complexity index is 162. The fourth-order valence-electron chi connectivity index (χ4n) is 1.06. The largest absolute Gasteiger partial charge is 0.355 e. The minimum Gasteiger partial charge on any atom is -0.355 e. The van der Waals surface area contributed by atoms with Gasteiger partial charge in [0.05, 0.1) is 0 Å². The minimum absolute atomic E-state index is 0.301. The molecule has 0 saturated heterocycles. The van der Waals surface area contributed by atoms with E-state index in [0.717, 1.165) is 6.54 Å². The van der Waals surface area contributed by atoms with E-state index in [9.17, 15) is 0 Å². The average molecular weight is 123 g/mol. The third-order valence-electron chi connectivity index (χ3n) is 1.54. The van der Waals surface area contributed by atoms with Crippen molar-refractivity contribution in [1.29, 1.82) is 0 Å². The summed E-state index contributed by atoms with van der Waals surface area (Å²) in [5, 5.41) is 6.29. The molecule has 2 aliphatic heterocycles. The second-order valence-electron chi connectivity index (χ2n) is 2.15. The van der Waals surface area contributed by atoms with E-state index >= 15 is 0 Å². The first-order valence-corrected chi connectivity index (χ1v) is 3.06. The van der Waals surface area contributed by atoms with Crippen molar-refractivity contribution in [3.8, 4) is 0 Å². The van der Waals surface area contributed by atoms with Crippen molar-refractivity contribution in [2.45, 2.75) is 6.29 Å². The first-order valence-electron chi connectivity index (χ1n) is 3.06. The third-order valence-corrected chi connectivity index (χ3v) is 1.54. The van der Waals surface area contributed by atoms with E-state index in [1.54, 1.807) is 0 Å². The highest BCUT2D eigenvalue weighted by Crippen LogP contribution is 2.04. The van der Waals surface area contributed by atoms with Gasteiger partial charge < -0.3 is 15.5 Å². The lowest BCUT2D eigenvalue weighted by Crippen LogP contribution is -2.47. The van der Waals surface area contributed by atoms with Crippen LogP contribution in [0.25, 0.3) is 0 Å². The van der Waals surface area contributed by atoms with Gasteiger partial charge in [-0.3, -0.25) is 0 Å². The van der Waals surface area contributed by atoms with Crippen molar-refractivity contribution in [2.24, 2.45) is 0 Å². The average Bonchev–Trinajstić information content (AvgIpc) is 2.33. The maximum absolute atomic E-state index is 3.15. The van der Waals surface area contributed by atoms with Crippen molar-refractivity contribution < 1.29 is 0 Å². The Labute approximate surface area is 54.0 Å². The SMILES string of the molecule is C1=CNC2NC=CN2C1. The summed E-state index contributed by atoms with van der Waals surface area (Å²) in [4.78, 5) is 2.18. The van der Waals surface area contributed by atoms with E-state index in [1.807, 2.05) is 18.6 Å². The second kappa shape index (κ2) is 1.69. The molecule has 3 heteroatoms. The zero-order chi connectivity index (χ0) is 6.10. The van der Waals surface area contributed by atoms with Gasteiger partial charge in [-0.15, -0.1) is 0 Å². The zero-order valence-electron chi connectivity index (χ0n) is 5.04. The lowest BCUT2D eigenvalue weighted by Gasteiger charge is -2.27. The highest BCUT2D eigenvalue weighted by molar-refractivity contribution is 5.02. The van der Waals surface area contributed by atoms with Crippen LogP contribution < -0.4 is 10.6 Å². The van der Waals surface area contributed by atoms with Gasteiger partial charge in [0.2, 0.25) is 0 Å². The molecule has 2 rings (SSSR count). The maximum Gasteiger partial charge on any atom is 0.175 e. The standard InChI is InChI=1S/C6H9N3/c1-2-7-6-8-3-5-9(6)4-1/h1-3,5-8H,4H2. The Morgan fingerprint density at radius 2 is 2.22 bits per heavy atom. The van der Waals surface area contributed by atoms with Crippen LogP contribution in [0.2, 0.25) is 0 Å². The number of rotatable bonds is 0. The first kappa shape index (κ1) is 4.73. The molecule has 0 amide bonds. The van der Waals surface area contributed by atoms with E-state index in [2.05, 4.69) is 21.6 Å². The molecule has 0 spiro atoms. The van der Waals surface area contributed by atoms with Gasteiger partial charge in [-0.1, -0.05) is 0 Å². The van der Waals surface area contributed by atoms with Crippen LogP contribution >= 0.6 is 0 Å². The van der Waals surface area contributed by atoms with Crippen LogP contribution in [0.5, 0.6) is 0 Å². The normalized spacial score (nSPS) is 29.3. The van der Waals surface area contributed by atoms with E-state index in [4.69, 9.17) is 0 Å². The summed E-state index contributed by atoms with van der Waals surface area (Å²) in [6.07, 6.45) is 8.36. The Hall–Kier alpha value is -1.12.